The molecule has 0 heterocycles. The summed E-state index contributed by atoms with van der Waals surface area (Å²) in [6.07, 6.45) is 0. The van der Waals surface area contributed by atoms with Crippen molar-refractivity contribution in [1.82, 2.24) is 5.32 Å². The van der Waals surface area contributed by atoms with E-state index >= 15 is 0 Å². The van der Waals surface area contributed by atoms with E-state index in [0.717, 1.165) is 0 Å². The Kier molecular flexibility index (Phi) is 6.24. The van der Waals surface area contributed by atoms with Crippen molar-refractivity contribution in [2.45, 2.75) is 13.5 Å². The predicted molar refractivity (Wildman–Crippen MR) is 93.8 cm³/mol. The molecule has 0 radical (unpaired) electrons. The standard InChI is InChI=1S/C11H7I3N2O3/c1-4(17)16-3-6-8(12)5(2-15)9(13)7(10(6)14)11(18)19/h3H2,1H3,(H,16,17)(H,18,19). The minimum absolute atomic E-state index is 0.110. The molecule has 1 aromatic carbocycles. The van der Waals surface area contributed by atoms with Crippen LogP contribution in [0.4, 0.5) is 0 Å². The van der Waals surface area contributed by atoms with Gasteiger partial charge in [-0.1, -0.05) is 0 Å². The number of hydrogen-bond acceptors (Lipinski definition) is 3. The third-order valence-corrected chi connectivity index (χ3v) is 5.71. The lowest BCUT2D eigenvalue weighted by atomic mass is 10.1. The van der Waals surface area contributed by atoms with E-state index < -0.39 is 5.97 Å². The molecule has 0 aliphatic rings. The van der Waals surface area contributed by atoms with Crippen LogP contribution in [0.5, 0.6) is 0 Å². The fourth-order valence-electron chi connectivity index (χ4n) is 1.37. The molecule has 1 rings (SSSR count). The fourth-order valence-corrected chi connectivity index (χ4v) is 5.62. The molecule has 0 fully saturated rings. The molecule has 0 aliphatic carbocycles. The molecule has 100 valence electrons. The predicted octanol–water partition coefficient (Wildman–Crippen LogP) is 2.71. The first-order chi connectivity index (χ1) is 8.81. The van der Waals surface area contributed by atoms with Gasteiger partial charge in [0.15, 0.2) is 0 Å². The van der Waals surface area contributed by atoms with E-state index in [2.05, 4.69) is 5.32 Å². The Hall–Kier alpha value is -0.160. The summed E-state index contributed by atoms with van der Waals surface area (Å²) in [5.41, 5.74) is 1.10. The number of hydrogen-bond donors (Lipinski definition) is 2. The lowest BCUT2D eigenvalue weighted by Crippen LogP contribution is -2.22. The molecule has 2 N–H and O–H groups in total. The van der Waals surface area contributed by atoms with E-state index in [9.17, 15) is 14.7 Å². The van der Waals surface area contributed by atoms with E-state index in [1.54, 1.807) is 0 Å². The number of carbonyl (C=O) groups is 2. The number of nitrogens with one attached hydrogen (secondary N) is 1. The summed E-state index contributed by atoms with van der Waals surface area (Å²) < 4.78 is 1.65. The number of nitriles is 1. The molecule has 0 saturated heterocycles. The van der Waals surface area contributed by atoms with Crippen LogP contribution in [-0.2, 0) is 11.3 Å². The molecule has 5 nitrogen and oxygen atoms in total. The first-order valence-electron chi connectivity index (χ1n) is 4.88. The maximum Gasteiger partial charge on any atom is 0.337 e. The van der Waals surface area contributed by atoms with Crippen LogP contribution in [0.25, 0.3) is 0 Å². The summed E-state index contributed by atoms with van der Waals surface area (Å²) in [5, 5.41) is 21.0. The molecule has 0 aliphatic heterocycles. The van der Waals surface area contributed by atoms with E-state index in [0.29, 0.717) is 21.8 Å². The average molecular weight is 596 g/mol. The van der Waals surface area contributed by atoms with Crippen molar-refractivity contribution in [3.8, 4) is 6.07 Å². The zero-order chi connectivity index (χ0) is 14.7. The Morgan fingerprint density at radius 3 is 2.26 bits per heavy atom. The number of carboxylic acid groups (broad SMARTS) is 1. The van der Waals surface area contributed by atoms with E-state index in [-0.39, 0.29) is 18.0 Å². The minimum Gasteiger partial charge on any atom is -0.478 e. The molecule has 0 bridgehead atoms. The number of amides is 1. The smallest absolute Gasteiger partial charge is 0.337 e. The van der Waals surface area contributed by atoms with Gasteiger partial charge in [0.25, 0.3) is 0 Å². The lowest BCUT2D eigenvalue weighted by Gasteiger charge is -2.14. The maximum absolute atomic E-state index is 11.3. The van der Waals surface area contributed by atoms with Gasteiger partial charge in [0.05, 0.1) is 11.1 Å². The van der Waals surface area contributed by atoms with Crippen LogP contribution in [0.1, 0.15) is 28.4 Å². The monoisotopic (exact) mass is 596 g/mol. The van der Waals surface area contributed by atoms with Crippen LogP contribution >= 0.6 is 67.8 Å². The van der Waals surface area contributed by atoms with E-state index in [1.165, 1.54) is 6.92 Å². The van der Waals surface area contributed by atoms with Crippen molar-refractivity contribution in [3.05, 3.63) is 27.4 Å². The first-order valence-corrected chi connectivity index (χ1v) is 8.12. The summed E-state index contributed by atoms with van der Waals surface area (Å²) in [4.78, 5) is 22.3. The van der Waals surface area contributed by atoms with Crippen LogP contribution in [0, 0.1) is 22.0 Å². The highest BCUT2D eigenvalue weighted by atomic mass is 127. The second-order valence-electron chi connectivity index (χ2n) is 3.50. The highest BCUT2D eigenvalue weighted by Crippen LogP contribution is 2.31. The van der Waals surface area contributed by atoms with Gasteiger partial charge in [0.2, 0.25) is 5.91 Å². The van der Waals surface area contributed by atoms with Crippen molar-refractivity contribution in [2.24, 2.45) is 0 Å². The SMILES string of the molecule is CC(=O)NCc1c(I)c(C#N)c(I)c(C(=O)O)c1I. The Morgan fingerprint density at radius 1 is 1.26 bits per heavy atom. The highest BCUT2D eigenvalue weighted by Gasteiger charge is 2.23. The van der Waals surface area contributed by atoms with Gasteiger partial charge >= 0.3 is 5.97 Å². The van der Waals surface area contributed by atoms with Crippen molar-refractivity contribution in [2.75, 3.05) is 0 Å². The average Bonchev–Trinajstić information content (AvgIpc) is 2.28. The molecule has 8 heteroatoms. The van der Waals surface area contributed by atoms with Crippen molar-refractivity contribution in [3.63, 3.8) is 0 Å². The largest absolute Gasteiger partial charge is 0.478 e. The zero-order valence-corrected chi connectivity index (χ0v) is 16.0. The quantitative estimate of drug-likeness (QED) is 0.526. The molecule has 0 spiro atoms. The van der Waals surface area contributed by atoms with E-state index in [1.807, 2.05) is 73.8 Å². The van der Waals surface area contributed by atoms with Crippen molar-refractivity contribution in [1.29, 1.82) is 5.26 Å². The molecule has 0 unspecified atom stereocenters. The molecule has 0 saturated carbocycles. The van der Waals surface area contributed by atoms with Gasteiger partial charge in [0.1, 0.15) is 6.07 Å². The lowest BCUT2D eigenvalue weighted by molar-refractivity contribution is -0.119. The Balaban J connectivity index is 3.55. The Labute approximate surface area is 150 Å². The van der Waals surface area contributed by atoms with Crippen LogP contribution in [0.2, 0.25) is 0 Å². The van der Waals surface area contributed by atoms with Crippen LogP contribution in [-0.4, -0.2) is 17.0 Å². The van der Waals surface area contributed by atoms with Crippen LogP contribution < -0.4 is 5.32 Å². The third kappa shape index (κ3) is 3.69. The Bertz CT molecular complexity index is 608. The minimum atomic E-state index is -1.08. The van der Waals surface area contributed by atoms with Gasteiger partial charge < -0.3 is 10.4 Å². The number of carboxylic acids is 1. The van der Waals surface area contributed by atoms with Crippen molar-refractivity contribution < 1.29 is 14.7 Å². The molecular weight excluding hydrogens is 589 g/mol. The number of halogens is 3. The summed E-state index contributed by atoms with van der Waals surface area (Å²) >= 11 is 5.80. The first kappa shape index (κ1) is 16.9. The molecule has 1 aromatic rings. The second kappa shape index (κ2) is 7.02. The van der Waals surface area contributed by atoms with Crippen LogP contribution in [0.3, 0.4) is 0 Å². The fraction of sp³-hybridized carbons (Fsp3) is 0.182. The summed E-state index contributed by atoms with van der Waals surface area (Å²) in [7, 11) is 0. The number of rotatable bonds is 3. The number of nitrogens with zero attached hydrogens (tertiary/aromatic N) is 1. The van der Waals surface area contributed by atoms with Gasteiger partial charge in [-0.2, -0.15) is 5.26 Å². The summed E-state index contributed by atoms with van der Waals surface area (Å²) in [6.45, 7) is 1.59. The number of carbonyl (C=O) groups excluding carboxylic acids is 1. The molecule has 19 heavy (non-hydrogen) atoms. The number of benzene rings is 1. The third-order valence-electron chi connectivity index (χ3n) is 2.25. The van der Waals surface area contributed by atoms with Gasteiger partial charge in [-0.15, -0.1) is 0 Å². The second-order valence-corrected chi connectivity index (χ2v) is 6.73. The van der Waals surface area contributed by atoms with Crippen LogP contribution in [0.15, 0.2) is 0 Å². The zero-order valence-electron chi connectivity index (χ0n) is 9.55. The van der Waals surface area contributed by atoms with Gasteiger partial charge in [0, 0.05) is 29.7 Å². The molecule has 0 atom stereocenters. The van der Waals surface area contributed by atoms with Gasteiger partial charge in [-0.05, 0) is 67.8 Å². The Morgan fingerprint density at radius 2 is 1.84 bits per heavy atom. The summed E-state index contributed by atoms with van der Waals surface area (Å²) in [6, 6.07) is 2.02. The molecule has 0 aromatic heterocycles. The summed E-state index contributed by atoms with van der Waals surface area (Å²) in [5.74, 6) is -1.29. The van der Waals surface area contributed by atoms with E-state index in [4.69, 9.17) is 5.26 Å². The maximum atomic E-state index is 11.3. The molecular formula is C11H7I3N2O3. The van der Waals surface area contributed by atoms with Gasteiger partial charge in [-0.25, -0.2) is 4.79 Å². The highest BCUT2D eigenvalue weighted by molar-refractivity contribution is 14.1. The van der Waals surface area contributed by atoms with Crippen molar-refractivity contribution >= 4 is 79.6 Å². The topological polar surface area (TPSA) is 90.2 Å². The number of aromatic carboxylic acids is 1. The van der Waals surface area contributed by atoms with Gasteiger partial charge in [-0.3, -0.25) is 4.79 Å². The molecule has 1 amide bonds. The normalized spacial score (nSPS) is 9.84.